The highest BCUT2D eigenvalue weighted by molar-refractivity contribution is 5.16. The molecule has 0 aromatic heterocycles. The topological polar surface area (TPSA) is 47.9 Å². The van der Waals surface area contributed by atoms with E-state index < -0.39 is 18.3 Å². The van der Waals surface area contributed by atoms with E-state index in [-0.39, 0.29) is 6.10 Å². The zero-order valence-electron chi connectivity index (χ0n) is 18.1. The number of benzene rings is 3. The van der Waals surface area contributed by atoms with E-state index >= 15 is 0 Å². The van der Waals surface area contributed by atoms with Crippen molar-refractivity contribution >= 4 is 0 Å². The van der Waals surface area contributed by atoms with Gasteiger partial charge < -0.3 is 19.3 Å². The molecule has 1 aliphatic rings. The SMILES string of the molecule is O[C@H]1C=CC[C@H](OCc2ccccc2)[C@H](OCc2ccccc2)[C@H]1OCc1ccccc1. The lowest BCUT2D eigenvalue weighted by molar-refractivity contribution is -0.168. The van der Waals surface area contributed by atoms with Crippen molar-refractivity contribution in [1.29, 1.82) is 0 Å². The molecular weight excluding hydrogens is 400 g/mol. The Morgan fingerprint density at radius 1 is 0.594 bits per heavy atom. The van der Waals surface area contributed by atoms with Crippen molar-refractivity contribution in [2.24, 2.45) is 0 Å². The summed E-state index contributed by atoms with van der Waals surface area (Å²) in [6, 6.07) is 30.1. The Bertz CT molecular complexity index is 943. The molecule has 1 N–H and O–H groups in total. The third-order valence-electron chi connectivity index (χ3n) is 5.61. The van der Waals surface area contributed by atoms with E-state index in [4.69, 9.17) is 14.2 Å². The Balaban J connectivity index is 1.51. The molecule has 0 heterocycles. The lowest BCUT2D eigenvalue weighted by atomic mass is 10.0. The fraction of sp³-hybridized carbons (Fsp3) is 0.286. The molecule has 0 fully saturated rings. The van der Waals surface area contributed by atoms with Crippen LogP contribution >= 0.6 is 0 Å². The van der Waals surface area contributed by atoms with Gasteiger partial charge in [0.2, 0.25) is 0 Å². The zero-order valence-corrected chi connectivity index (χ0v) is 18.1. The average molecular weight is 431 g/mol. The Morgan fingerprint density at radius 2 is 1.03 bits per heavy atom. The van der Waals surface area contributed by atoms with Crippen LogP contribution in [0, 0.1) is 0 Å². The monoisotopic (exact) mass is 430 g/mol. The van der Waals surface area contributed by atoms with Gasteiger partial charge in [0.1, 0.15) is 18.3 Å². The van der Waals surface area contributed by atoms with Gasteiger partial charge in [0, 0.05) is 0 Å². The molecule has 4 rings (SSSR count). The smallest absolute Gasteiger partial charge is 0.116 e. The van der Waals surface area contributed by atoms with Crippen molar-refractivity contribution in [1.82, 2.24) is 0 Å². The van der Waals surface area contributed by atoms with Gasteiger partial charge in [0.25, 0.3) is 0 Å². The lowest BCUT2D eigenvalue weighted by Gasteiger charge is -2.33. The molecule has 3 aromatic rings. The van der Waals surface area contributed by atoms with Crippen LogP contribution in [0.1, 0.15) is 23.1 Å². The highest BCUT2D eigenvalue weighted by Gasteiger charge is 2.37. The van der Waals surface area contributed by atoms with E-state index in [1.54, 1.807) is 6.08 Å². The summed E-state index contributed by atoms with van der Waals surface area (Å²) >= 11 is 0. The molecule has 4 nitrogen and oxygen atoms in total. The molecule has 0 radical (unpaired) electrons. The first-order valence-electron chi connectivity index (χ1n) is 11.1. The van der Waals surface area contributed by atoms with Crippen LogP contribution in [0.15, 0.2) is 103 Å². The summed E-state index contributed by atoms with van der Waals surface area (Å²) in [5.41, 5.74) is 3.23. The van der Waals surface area contributed by atoms with Gasteiger partial charge >= 0.3 is 0 Å². The minimum atomic E-state index is -0.773. The number of hydrogen-bond acceptors (Lipinski definition) is 4. The molecule has 0 aliphatic heterocycles. The Hall–Kier alpha value is -2.76. The minimum Gasteiger partial charge on any atom is -0.386 e. The second-order valence-electron chi connectivity index (χ2n) is 8.01. The predicted octanol–water partition coefficient (Wildman–Crippen LogP) is 5.06. The quantitative estimate of drug-likeness (QED) is 0.482. The van der Waals surface area contributed by atoms with Gasteiger partial charge in [-0.05, 0) is 23.1 Å². The number of ether oxygens (including phenoxy) is 3. The fourth-order valence-electron chi connectivity index (χ4n) is 3.87. The van der Waals surface area contributed by atoms with Gasteiger partial charge in [-0.3, -0.25) is 0 Å². The second kappa shape index (κ2) is 11.7. The van der Waals surface area contributed by atoms with E-state index in [1.807, 2.05) is 97.1 Å². The van der Waals surface area contributed by atoms with E-state index in [2.05, 4.69) is 0 Å². The molecule has 0 saturated heterocycles. The van der Waals surface area contributed by atoms with Crippen LogP contribution in [0.5, 0.6) is 0 Å². The van der Waals surface area contributed by atoms with Crippen LogP contribution < -0.4 is 0 Å². The summed E-state index contributed by atoms with van der Waals surface area (Å²) in [5.74, 6) is 0. The lowest BCUT2D eigenvalue weighted by Crippen LogP contribution is -2.46. The van der Waals surface area contributed by atoms with Crippen molar-refractivity contribution in [2.45, 2.75) is 50.7 Å². The highest BCUT2D eigenvalue weighted by atomic mass is 16.6. The first-order valence-corrected chi connectivity index (χ1v) is 11.1. The summed E-state index contributed by atoms with van der Waals surface area (Å²) in [5, 5.41) is 10.9. The standard InChI is InChI=1S/C28H30O4/c29-25-17-10-18-26(30-19-22-11-4-1-5-12-22)28(32-21-24-15-8-3-9-16-24)27(25)31-20-23-13-6-2-7-14-23/h1-17,25-29H,18-21H2/t25-,26-,27-,28-/m0/s1. The van der Waals surface area contributed by atoms with Crippen LogP contribution in [0.3, 0.4) is 0 Å². The number of aliphatic hydroxyl groups excluding tert-OH is 1. The average Bonchev–Trinajstić information content (AvgIpc) is 3.00. The molecule has 0 amide bonds. The normalized spacial score (nSPS) is 23.0. The van der Waals surface area contributed by atoms with Crippen molar-refractivity contribution in [3.8, 4) is 0 Å². The number of hydrogen-bond donors (Lipinski definition) is 1. The molecule has 166 valence electrons. The highest BCUT2D eigenvalue weighted by Crippen LogP contribution is 2.25. The molecular formula is C28H30O4. The zero-order chi connectivity index (χ0) is 22.0. The van der Waals surface area contributed by atoms with Gasteiger partial charge in [-0.2, -0.15) is 0 Å². The molecule has 3 aromatic carbocycles. The summed E-state index contributed by atoms with van der Waals surface area (Å²) in [7, 11) is 0. The largest absolute Gasteiger partial charge is 0.386 e. The molecule has 32 heavy (non-hydrogen) atoms. The fourth-order valence-corrected chi connectivity index (χ4v) is 3.87. The van der Waals surface area contributed by atoms with E-state index in [9.17, 15) is 5.11 Å². The molecule has 0 saturated carbocycles. The summed E-state index contributed by atoms with van der Waals surface area (Å²) in [6.45, 7) is 1.30. The maximum Gasteiger partial charge on any atom is 0.116 e. The summed E-state index contributed by atoms with van der Waals surface area (Å²) in [4.78, 5) is 0. The van der Waals surface area contributed by atoms with Gasteiger partial charge in [-0.15, -0.1) is 0 Å². The maximum absolute atomic E-state index is 10.9. The Labute approximate surface area is 190 Å². The van der Waals surface area contributed by atoms with E-state index in [1.165, 1.54) is 0 Å². The Kier molecular flexibility index (Phi) is 8.23. The van der Waals surface area contributed by atoms with Gasteiger partial charge in [-0.25, -0.2) is 0 Å². The summed E-state index contributed by atoms with van der Waals surface area (Å²) < 4.78 is 18.9. The van der Waals surface area contributed by atoms with Gasteiger partial charge in [-0.1, -0.05) is 103 Å². The van der Waals surface area contributed by atoms with Gasteiger partial charge in [0.05, 0.1) is 25.9 Å². The molecule has 0 unspecified atom stereocenters. The van der Waals surface area contributed by atoms with Crippen molar-refractivity contribution in [3.63, 3.8) is 0 Å². The van der Waals surface area contributed by atoms with Gasteiger partial charge in [0.15, 0.2) is 0 Å². The third kappa shape index (κ3) is 6.38. The van der Waals surface area contributed by atoms with E-state index in [0.29, 0.717) is 26.2 Å². The Morgan fingerprint density at radius 3 is 1.53 bits per heavy atom. The molecule has 0 bridgehead atoms. The first kappa shape index (κ1) is 22.4. The molecule has 0 spiro atoms. The van der Waals surface area contributed by atoms with Crippen LogP contribution in [-0.4, -0.2) is 29.5 Å². The molecule has 4 atom stereocenters. The summed E-state index contributed by atoms with van der Waals surface area (Å²) in [6.07, 6.45) is 2.42. The van der Waals surface area contributed by atoms with Crippen LogP contribution in [0.4, 0.5) is 0 Å². The number of aliphatic hydroxyl groups is 1. The third-order valence-corrected chi connectivity index (χ3v) is 5.61. The van der Waals surface area contributed by atoms with Crippen LogP contribution in [0.2, 0.25) is 0 Å². The van der Waals surface area contributed by atoms with Crippen molar-refractivity contribution in [3.05, 3.63) is 120 Å². The van der Waals surface area contributed by atoms with Crippen molar-refractivity contribution in [2.75, 3.05) is 0 Å². The second-order valence-corrected chi connectivity index (χ2v) is 8.01. The van der Waals surface area contributed by atoms with Crippen LogP contribution in [-0.2, 0) is 34.0 Å². The predicted molar refractivity (Wildman–Crippen MR) is 125 cm³/mol. The maximum atomic E-state index is 10.9. The minimum absolute atomic E-state index is 0.243. The van der Waals surface area contributed by atoms with Crippen molar-refractivity contribution < 1.29 is 19.3 Å². The van der Waals surface area contributed by atoms with E-state index in [0.717, 1.165) is 16.7 Å². The van der Waals surface area contributed by atoms with Crippen LogP contribution in [0.25, 0.3) is 0 Å². The molecule has 4 heteroatoms. The molecule has 1 aliphatic carbocycles. The number of rotatable bonds is 9. The first-order chi connectivity index (χ1) is 15.8.